The fourth-order valence-corrected chi connectivity index (χ4v) is 5.62. The Bertz CT molecular complexity index is 1170. The van der Waals surface area contributed by atoms with Gasteiger partial charge in [-0.05, 0) is 44.0 Å². The average molecular weight is 450 g/mol. The van der Waals surface area contributed by atoms with Crippen molar-refractivity contribution in [2.24, 2.45) is 0 Å². The van der Waals surface area contributed by atoms with Gasteiger partial charge in [-0.25, -0.2) is 9.97 Å². The lowest BCUT2D eigenvalue weighted by molar-refractivity contribution is 0.0715. The van der Waals surface area contributed by atoms with Crippen LogP contribution in [0.1, 0.15) is 45.0 Å². The first-order chi connectivity index (χ1) is 15.2. The SMILES string of the molecule is Cc1nc(Cn2ccnc2C2CCN(C(=O)c3ccc(-c4ccccn4)s3)CC2)cs1. The van der Waals surface area contributed by atoms with Crippen molar-refractivity contribution in [1.82, 2.24) is 24.4 Å². The Labute approximate surface area is 189 Å². The third kappa shape index (κ3) is 4.31. The summed E-state index contributed by atoms with van der Waals surface area (Å²) in [5.41, 5.74) is 1.99. The molecule has 0 spiro atoms. The molecule has 1 aliphatic rings. The van der Waals surface area contributed by atoms with E-state index in [2.05, 4.69) is 24.9 Å². The number of thiazole rings is 1. The number of thiophene rings is 1. The van der Waals surface area contributed by atoms with Crippen molar-refractivity contribution in [3.63, 3.8) is 0 Å². The largest absolute Gasteiger partial charge is 0.338 e. The molecular weight excluding hydrogens is 426 g/mol. The van der Waals surface area contributed by atoms with Crippen molar-refractivity contribution in [3.8, 4) is 10.6 Å². The summed E-state index contributed by atoms with van der Waals surface area (Å²) < 4.78 is 2.20. The van der Waals surface area contributed by atoms with Gasteiger partial charge in [0.15, 0.2) is 0 Å². The molecule has 0 radical (unpaired) electrons. The summed E-state index contributed by atoms with van der Waals surface area (Å²) in [5.74, 6) is 1.59. The van der Waals surface area contributed by atoms with Gasteiger partial charge in [-0.1, -0.05) is 6.07 Å². The fourth-order valence-electron chi connectivity index (χ4n) is 4.07. The smallest absolute Gasteiger partial charge is 0.263 e. The number of aryl methyl sites for hydroxylation is 1. The molecule has 0 bridgehead atoms. The minimum absolute atomic E-state index is 0.118. The van der Waals surface area contributed by atoms with Crippen LogP contribution in [0.3, 0.4) is 0 Å². The second kappa shape index (κ2) is 8.72. The van der Waals surface area contributed by atoms with Crippen molar-refractivity contribution in [1.29, 1.82) is 0 Å². The monoisotopic (exact) mass is 449 g/mol. The molecule has 1 amide bonds. The third-order valence-electron chi connectivity index (χ3n) is 5.63. The molecule has 31 heavy (non-hydrogen) atoms. The highest BCUT2D eigenvalue weighted by Gasteiger charge is 2.28. The highest BCUT2D eigenvalue weighted by Crippen LogP contribution is 2.31. The number of pyridine rings is 1. The second-order valence-electron chi connectivity index (χ2n) is 7.72. The number of aromatic nitrogens is 4. The van der Waals surface area contributed by atoms with Crippen LogP contribution in [0.25, 0.3) is 10.6 Å². The summed E-state index contributed by atoms with van der Waals surface area (Å²) in [6, 6.07) is 9.75. The molecule has 1 saturated heterocycles. The van der Waals surface area contributed by atoms with Crippen molar-refractivity contribution >= 4 is 28.6 Å². The molecule has 4 aromatic rings. The third-order valence-corrected chi connectivity index (χ3v) is 7.55. The average Bonchev–Trinajstić information content (AvgIpc) is 3.56. The van der Waals surface area contributed by atoms with E-state index >= 15 is 0 Å². The summed E-state index contributed by atoms with van der Waals surface area (Å²) in [7, 11) is 0. The van der Waals surface area contributed by atoms with E-state index in [-0.39, 0.29) is 5.91 Å². The van der Waals surface area contributed by atoms with Crippen molar-refractivity contribution in [2.75, 3.05) is 13.1 Å². The van der Waals surface area contributed by atoms with Crippen LogP contribution >= 0.6 is 22.7 Å². The Morgan fingerprint density at radius 3 is 2.74 bits per heavy atom. The van der Waals surface area contributed by atoms with E-state index in [1.807, 2.05) is 54.5 Å². The number of hydrogen-bond acceptors (Lipinski definition) is 6. The van der Waals surface area contributed by atoms with Gasteiger partial charge < -0.3 is 9.47 Å². The maximum atomic E-state index is 13.0. The van der Waals surface area contributed by atoms with E-state index < -0.39 is 0 Å². The van der Waals surface area contributed by atoms with Crippen LogP contribution in [0, 0.1) is 6.92 Å². The normalized spacial score (nSPS) is 14.8. The van der Waals surface area contributed by atoms with Crippen LogP contribution < -0.4 is 0 Å². The van der Waals surface area contributed by atoms with Crippen LogP contribution in [0.15, 0.2) is 54.3 Å². The summed E-state index contributed by atoms with van der Waals surface area (Å²) in [5, 5.41) is 3.20. The Kier molecular flexibility index (Phi) is 5.65. The van der Waals surface area contributed by atoms with E-state index in [1.165, 1.54) is 11.3 Å². The molecule has 0 N–H and O–H groups in total. The minimum atomic E-state index is 0.118. The summed E-state index contributed by atoms with van der Waals surface area (Å²) >= 11 is 3.19. The number of rotatable bonds is 5. The Morgan fingerprint density at radius 2 is 2.00 bits per heavy atom. The minimum Gasteiger partial charge on any atom is -0.338 e. The van der Waals surface area contributed by atoms with Gasteiger partial charge in [-0.15, -0.1) is 22.7 Å². The zero-order chi connectivity index (χ0) is 21.2. The van der Waals surface area contributed by atoms with Crippen LogP contribution in [-0.4, -0.2) is 43.4 Å². The Morgan fingerprint density at radius 1 is 1.13 bits per heavy atom. The summed E-state index contributed by atoms with van der Waals surface area (Å²) in [6.07, 6.45) is 7.54. The first-order valence-corrected chi connectivity index (χ1v) is 12.1. The molecule has 0 atom stereocenters. The molecular formula is C23H23N5OS2. The van der Waals surface area contributed by atoms with Gasteiger partial charge in [0.25, 0.3) is 5.91 Å². The molecule has 5 rings (SSSR count). The van der Waals surface area contributed by atoms with Crippen molar-refractivity contribution in [2.45, 2.75) is 32.2 Å². The van der Waals surface area contributed by atoms with Gasteiger partial charge in [-0.2, -0.15) is 0 Å². The van der Waals surface area contributed by atoms with Gasteiger partial charge in [0, 0.05) is 43.0 Å². The molecule has 6 nitrogen and oxygen atoms in total. The lowest BCUT2D eigenvalue weighted by Gasteiger charge is -2.31. The van der Waals surface area contributed by atoms with Gasteiger partial charge >= 0.3 is 0 Å². The molecule has 4 aromatic heterocycles. The number of carbonyl (C=O) groups is 1. The predicted octanol–water partition coefficient (Wildman–Crippen LogP) is 4.84. The quantitative estimate of drug-likeness (QED) is 0.437. The first-order valence-electron chi connectivity index (χ1n) is 10.4. The lowest BCUT2D eigenvalue weighted by Crippen LogP contribution is -2.38. The number of amides is 1. The van der Waals surface area contributed by atoms with E-state index in [9.17, 15) is 4.79 Å². The van der Waals surface area contributed by atoms with Gasteiger partial charge in [0.05, 0.1) is 32.7 Å². The number of nitrogens with zero attached hydrogens (tertiary/aromatic N) is 5. The van der Waals surface area contributed by atoms with E-state index in [0.717, 1.165) is 64.5 Å². The zero-order valence-electron chi connectivity index (χ0n) is 17.3. The van der Waals surface area contributed by atoms with Crippen LogP contribution in [-0.2, 0) is 6.54 Å². The number of carbonyl (C=O) groups excluding carboxylic acids is 1. The first kappa shape index (κ1) is 20.1. The Balaban J connectivity index is 1.23. The molecule has 1 fully saturated rings. The molecule has 5 heterocycles. The second-order valence-corrected chi connectivity index (χ2v) is 9.86. The number of imidazole rings is 1. The van der Waals surface area contributed by atoms with Gasteiger partial charge in [-0.3, -0.25) is 9.78 Å². The highest BCUT2D eigenvalue weighted by molar-refractivity contribution is 7.17. The molecule has 158 valence electrons. The number of piperidine rings is 1. The molecule has 0 aromatic carbocycles. The van der Waals surface area contributed by atoms with Crippen LogP contribution in [0.4, 0.5) is 0 Å². The number of hydrogen-bond donors (Lipinski definition) is 0. The fraction of sp³-hybridized carbons (Fsp3) is 0.304. The number of likely N-dealkylation sites (tertiary alicyclic amines) is 1. The summed E-state index contributed by atoms with van der Waals surface area (Å²) in [4.78, 5) is 30.4. The van der Waals surface area contributed by atoms with Crippen LogP contribution in [0.5, 0.6) is 0 Å². The molecule has 1 aliphatic heterocycles. The Hall–Kier alpha value is -2.84. The van der Waals surface area contributed by atoms with Crippen molar-refractivity contribution in [3.05, 3.63) is 75.7 Å². The lowest BCUT2D eigenvalue weighted by atomic mass is 9.95. The molecule has 0 saturated carbocycles. The zero-order valence-corrected chi connectivity index (χ0v) is 18.9. The van der Waals surface area contributed by atoms with Gasteiger partial charge in [0.1, 0.15) is 5.82 Å². The van der Waals surface area contributed by atoms with E-state index in [0.29, 0.717) is 5.92 Å². The molecule has 0 unspecified atom stereocenters. The summed E-state index contributed by atoms with van der Waals surface area (Å²) in [6.45, 7) is 4.29. The van der Waals surface area contributed by atoms with Crippen molar-refractivity contribution < 1.29 is 4.79 Å². The molecule has 8 heteroatoms. The maximum absolute atomic E-state index is 13.0. The maximum Gasteiger partial charge on any atom is 0.263 e. The van der Waals surface area contributed by atoms with Crippen LogP contribution in [0.2, 0.25) is 0 Å². The van der Waals surface area contributed by atoms with Gasteiger partial charge in [0.2, 0.25) is 0 Å². The predicted molar refractivity (Wildman–Crippen MR) is 124 cm³/mol. The molecule has 0 aliphatic carbocycles. The van der Waals surface area contributed by atoms with E-state index in [1.54, 1.807) is 17.5 Å². The van der Waals surface area contributed by atoms with E-state index in [4.69, 9.17) is 0 Å². The topological polar surface area (TPSA) is 63.9 Å². The highest BCUT2D eigenvalue weighted by atomic mass is 32.1. The standard InChI is InChI=1S/C23H23N5OS2/c1-16-26-18(15-30-16)14-28-13-10-25-22(28)17-7-11-27(12-8-17)23(29)21-6-5-20(31-21)19-4-2-3-9-24-19/h2-6,9-10,13,15,17H,7-8,11-12,14H2,1H3.